The van der Waals surface area contributed by atoms with Gasteiger partial charge in [-0.05, 0) is 13.3 Å². The van der Waals surface area contributed by atoms with Crippen LogP contribution in [0.15, 0.2) is 12.5 Å². The molecule has 18 heavy (non-hydrogen) atoms. The van der Waals surface area contributed by atoms with E-state index in [2.05, 4.69) is 15.1 Å². The molecule has 1 aliphatic heterocycles. The lowest BCUT2D eigenvalue weighted by Gasteiger charge is -2.23. The number of sulfone groups is 1. The molecule has 2 aromatic heterocycles. The van der Waals surface area contributed by atoms with Crippen molar-refractivity contribution >= 4 is 32.5 Å². The predicted molar refractivity (Wildman–Crippen MR) is 67.3 cm³/mol. The van der Waals surface area contributed by atoms with Crippen LogP contribution >= 0.6 is 11.6 Å². The fraction of sp³-hybridized carbons (Fsp3) is 0.500. The molecule has 1 unspecified atom stereocenters. The molecule has 0 N–H and O–H groups in total. The average Bonchev–Trinajstić information content (AvgIpc) is 2.82. The first-order chi connectivity index (χ1) is 8.41. The van der Waals surface area contributed by atoms with E-state index in [1.54, 1.807) is 10.9 Å². The fourth-order valence-electron chi connectivity index (χ4n) is 2.37. The van der Waals surface area contributed by atoms with E-state index >= 15 is 0 Å². The van der Waals surface area contributed by atoms with Gasteiger partial charge in [0.1, 0.15) is 11.5 Å². The lowest BCUT2D eigenvalue weighted by atomic mass is 10.0. The molecule has 96 valence electrons. The standard InChI is InChI=1S/C10H11ClN4O2S/c1-10(2-3-18(16,17)5-10)15-9-7(4-14-15)8(11)12-6-13-9/h4,6H,2-3,5H2,1H3. The van der Waals surface area contributed by atoms with Gasteiger partial charge >= 0.3 is 0 Å². The Hall–Kier alpha value is -1.21. The number of halogens is 1. The van der Waals surface area contributed by atoms with Crippen molar-refractivity contribution in [1.29, 1.82) is 0 Å². The van der Waals surface area contributed by atoms with Crippen LogP contribution in [-0.4, -0.2) is 39.7 Å². The number of rotatable bonds is 1. The van der Waals surface area contributed by atoms with Crippen LogP contribution in [-0.2, 0) is 15.4 Å². The van der Waals surface area contributed by atoms with Crippen LogP contribution in [0.2, 0.25) is 5.15 Å². The second-order valence-corrected chi connectivity index (χ2v) is 7.34. The monoisotopic (exact) mass is 286 g/mol. The Bertz CT molecular complexity index is 727. The van der Waals surface area contributed by atoms with Crippen molar-refractivity contribution in [2.45, 2.75) is 18.9 Å². The van der Waals surface area contributed by atoms with Gasteiger partial charge in [-0.3, -0.25) is 0 Å². The van der Waals surface area contributed by atoms with Crippen LogP contribution in [0.25, 0.3) is 11.0 Å². The van der Waals surface area contributed by atoms with Gasteiger partial charge in [0.2, 0.25) is 0 Å². The van der Waals surface area contributed by atoms with Crippen molar-refractivity contribution in [2.75, 3.05) is 11.5 Å². The molecule has 0 radical (unpaired) electrons. The fourth-order valence-corrected chi connectivity index (χ4v) is 4.66. The van der Waals surface area contributed by atoms with Gasteiger partial charge in [0.15, 0.2) is 15.5 Å². The summed E-state index contributed by atoms with van der Waals surface area (Å²) in [6.45, 7) is 1.88. The van der Waals surface area contributed by atoms with E-state index in [1.165, 1.54) is 6.33 Å². The summed E-state index contributed by atoms with van der Waals surface area (Å²) in [6.07, 6.45) is 3.47. The minimum absolute atomic E-state index is 0.0817. The highest BCUT2D eigenvalue weighted by Gasteiger charge is 2.41. The lowest BCUT2D eigenvalue weighted by molar-refractivity contribution is 0.338. The van der Waals surface area contributed by atoms with Crippen LogP contribution in [0.1, 0.15) is 13.3 Å². The summed E-state index contributed by atoms with van der Waals surface area (Å²) in [4.78, 5) is 8.03. The zero-order chi connectivity index (χ0) is 13.0. The van der Waals surface area contributed by atoms with E-state index in [9.17, 15) is 8.42 Å². The summed E-state index contributed by atoms with van der Waals surface area (Å²) in [7, 11) is -3.00. The summed E-state index contributed by atoms with van der Waals surface area (Å²) in [5.41, 5.74) is 0.0211. The molecule has 0 amide bonds. The third-order valence-corrected chi connectivity index (χ3v) is 5.50. The quantitative estimate of drug-likeness (QED) is 0.731. The van der Waals surface area contributed by atoms with Crippen molar-refractivity contribution in [3.63, 3.8) is 0 Å². The topological polar surface area (TPSA) is 77.7 Å². The highest BCUT2D eigenvalue weighted by Crippen LogP contribution is 2.33. The van der Waals surface area contributed by atoms with Crippen molar-refractivity contribution in [3.8, 4) is 0 Å². The van der Waals surface area contributed by atoms with Gasteiger partial charge in [-0.1, -0.05) is 11.6 Å². The van der Waals surface area contributed by atoms with Gasteiger partial charge < -0.3 is 0 Å². The van der Waals surface area contributed by atoms with Crippen LogP contribution in [0.5, 0.6) is 0 Å². The first kappa shape index (κ1) is 11.9. The summed E-state index contributed by atoms with van der Waals surface area (Å²) < 4.78 is 24.9. The van der Waals surface area contributed by atoms with Crippen molar-refractivity contribution < 1.29 is 8.42 Å². The molecule has 6 nitrogen and oxygen atoms in total. The Morgan fingerprint density at radius 2 is 2.22 bits per heavy atom. The molecule has 0 spiro atoms. The third kappa shape index (κ3) is 1.69. The average molecular weight is 287 g/mol. The van der Waals surface area contributed by atoms with E-state index in [1.807, 2.05) is 6.92 Å². The number of hydrogen-bond acceptors (Lipinski definition) is 5. The molecule has 1 saturated heterocycles. The van der Waals surface area contributed by atoms with Crippen LogP contribution < -0.4 is 0 Å². The van der Waals surface area contributed by atoms with E-state index in [-0.39, 0.29) is 11.5 Å². The van der Waals surface area contributed by atoms with E-state index < -0.39 is 15.4 Å². The second kappa shape index (κ2) is 3.64. The maximum atomic E-state index is 11.6. The highest BCUT2D eigenvalue weighted by molar-refractivity contribution is 7.91. The molecule has 1 atom stereocenters. The maximum Gasteiger partial charge on any atom is 0.163 e. The first-order valence-electron chi connectivity index (χ1n) is 5.46. The first-order valence-corrected chi connectivity index (χ1v) is 7.66. The molecule has 2 aromatic rings. The summed E-state index contributed by atoms with van der Waals surface area (Å²) in [6, 6.07) is 0. The molecule has 0 saturated carbocycles. The molecule has 1 fully saturated rings. The summed E-state index contributed by atoms with van der Waals surface area (Å²) in [5.74, 6) is 0.266. The van der Waals surface area contributed by atoms with E-state index in [0.717, 1.165) is 0 Å². The van der Waals surface area contributed by atoms with Crippen LogP contribution in [0.4, 0.5) is 0 Å². The van der Waals surface area contributed by atoms with Gasteiger partial charge in [-0.25, -0.2) is 23.1 Å². The van der Waals surface area contributed by atoms with Crippen LogP contribution in [0, 0.1) is 0 Å². The number of nitrogens with zero attached hydrogens (tertiary/aromatic N) is 4. The SMILES string of the molecule is CC1(n2ncc3c(Cl)ncnc32)CCS(=O)(=O)C1. The van der Waals surface area contributed by atoms with Gasteiger partial charge in [0.05, 0.1) is 28.6 Å². The summed E-state index contributed by atoms with van der Waals surface area (Å²) in [5, 5.41) is 5.21. The molecule has 0 aliphatic carbocycles. The van der Waals surface area contributed by atoms with Crippen LogP contribution in [0.3, 0.4) is 0 Å². The Kier molecular flexibility index (Phi) is 2.40. The summed E-state index contributed by atoms with van der Waals surface area (Å²) >= 11 is 5.96. The maximum absolute atomic E-state index is 11.6. The van der Waals surface area contributed by atoms with E-state index in [4.69, 9.17) is 11.6 Å². The Balaban J connectivity index is 2.19. The zero-order valence-corrected chi connectivity index (χ0v) is 11.2. The number of aromatic nitrogens is 4. The Morgan fingerprint density at radius 3 is 2.89 bits per heavy atom. The van der Waals surface area contributed by atoms with Gasteiger partial charge in [-0.15, -0.1) is 0 Å². The third-order valence-electron chi connectivity index (χ3n) is 3.31. The largest absolute Gasteiger partial charge is 0.240 e. The Labute approximate surface area is 109 Å². The smallest absolute Gasteiger partial charge is 0.163 e. The van der Waals surface area contributed by atoms with Gasteiger partial charge in [-0.2, -0.15) is 5.10 Å². The molecule has 3 heterocycles. The molecule has 3 rings (SSSR count). The molecular formula is C10H11ClN4O2S. The highest BCUT2D eigenvalue weighted by atomic mass is 35.5. The lowest BCUT2D eigenvalue weighted by Crippen LogP contribution is -2.32. The predicted octanol–water partition coefficient (Wildman–Crippen LogP) is 1.01. The van der Waals surface area contributed by atoms with E-state index in [0.29, 0.717) is 22.6 Å². The molecule has 0 bridgehead atoms. The molecular weight excluding hydrogens is 276 g/mol. The Morgan fingerprint density at radius 1 is 1.44 bits per heavy atom. The number of fused-ring (bicyclic) bond motifs is 1. The molecule has 0 aromatic carbocycles. The minimum atomic E-state index is -3.00. The second-order valence-electron chi connectivity index (χ2n) is 4.80. The molecule has 8 heteroatoms. The minimum Gasteiger partial charge on any atom is -0.240 e. The van der Waals surface area contributed by atoms with Crippen molar-refractivity contribution in [2.24, 2.45) is 0 Å². The normalized spacial score (nSPS) is 26.8. The van der Waals surface area contributed by atoms with Gasteiger partial charge in [0.25, 0.3) is 0 Å². The van der Waals surface area contributed by atoms with Crippen molar-refractivity contribution in [1.82, 2.24) is 19.7 Å². The molecule has 1 aliphatic rings. The zero-order valence-electron chi connectivity index (χ0n) is 9.67. The van der Waals surface area contributed by atoms with Crippen molar-refractivity contribution in [3.05, 3.63) is 17.7 Å². The number of hydrogen-bond donors (Lipinski definition) is 0. The van der Waals surface area contributed by atoms with Gasteiger partial charge in [0, 0.05) is 0 Å².